The smallest absolute Gasteiger partial charge is 0.228 e. The maximum absolute atomic E-state index is 12.6. The molecule has 0 spiro atoms. The molecule has 1 aliphatic heterocycles. The molecule has 1 amide bonds. The number of hydrogen-bond donors (Lipinski definition) is 1. The summed E-state index contributed by atoms with van der Waals surface area (Å²) in [6.07, 6.45) is 1.96. The van der Waals surface area contributed by atoms with E-state index in [-0.39, 0.29) is 17.9 Å². The van der Waals surface area contributed by atoms with Crippen molar-refractivity contribution in [3.63, 3.8) is 0 Å². The third kappa shape index (κ3) is 4.07. The number of nitrogens with zero attached hydrogens (tertiary/aromatic N) is 5. The lowest BCUT2D eigenvalue weighted by Gasteiger charge is -2.31. The number of carbonyl (C=O) groups excluding carboxylic acids is 1. The van der Waals surface area contributed by atoms with E-state index in [0.717, 1.165) is 11.5 Å². The van der Waals surface area contributed by atoms with Gasteiger partial charge in [-0.25, -0.2) is 4.98 Å². The molecule has 8 nitrogen and oxygen atoms in total. The molecule has 0 saturated carbocycles. The molecule has 2 aromatic heterocycles. The molecule has 3 heterocycles. The molecule has 2 aromatic rings. The van der Waals surface area contributed by atoms with Crippen molar-refractivity contribution in [2.24, 2.45) is 0 Å². The summed E-state index contributed by atoms with van der Waals surface area (Å²) >= 11 is 0. The summed E-state index contributed by atoms with van der Waals surface area (Å²) in [5.74, 6) is 1.76. The van der Waals surface area contributed by atoms with Crippen LogP contribution in [-0.2, 0) is 16.0 Å². The number of carbonyl (C=O) groups is 1. The van der Waals surface area contributed by atoms with Gasteiger partial charge in [0.2, 0.25) is 5.91 Å². The molecule has 25 heavy (non-hydrogen) atoms. The highest BCUT2D eigenvalue weighted by Crippen LogP contribution is 2.21. The number of hydrogen-bond acceptors (Lipinski definition) is 5. The summed E-state index contributed by atoms with van der Waals surface area (Å²) in [5, 5.41) is 11.6. The topological polar surface area (TPSA) is 88.9 Å². The van der Waals surface area contributed by atoms with E-state index in [2.05, 4.69) is 34.1 Å². The highest BCUT2D eigenvalue weighted by Gasteiger charge is 2.28. The fourth-order valence-electron chi connectivity index (χ4n) is 2.76. The fourth-order valence-corrected chi connectivity index (χ4v) is 2.76. The summed E-state index contributed by atoms with van der Waals surface area (Å²) in [4.78, 5) is 18.9. The summed E-state index contributed by atoms with van der Waals surface area (Å²) in [6.45, 7) is 9.78. The van der Waals surface area contributed by atoms with Gasteiger partial charge in [-0.3, -0.25) is 14.6 Å². The first-order valence-electron chi connectivity index (χ1n) is 8.79. The number of morpholine rings is 1. The van der Waals surface area contributed by atoms with E-state index in [1.54, 1.807) is 0 Å². The van der Waals surface area contributed by atoms with Gasteiger partial charge in [0.25, 0.3) is 0 Å². The van der Waals surface area contributed by atoms with Crippen molar-refractivity contribution in [2.45, 2.75) is 52.2 Å². The lowest BCUT2D eigenvalue weighted by atomic mass is 10.2. The summed E-state index contributed by atoms with van der Waals surface area (Å²) in [7, 11) is 0. The maximum atomic E-state index is 12.6. The minimum atomic E-state index is -0.258. The molecular formula is C17H26N6O2. The van der Waals surface area contributed by atoms with Crippen molar-refractivity contribution in [1.29, 1.82) is 0 Å². The monoisotopic (exact) mass is 346 g/mol. The lowest BCUT2D eigenvalue weighted by Crippen LogP contribution is -2.43. The minimum absolute atomic E-state index is 0.0610. The molecule has 0 radical (unpaired) electrons. The van der Waals surface area contributed by atoms with Gasteiger partial charge < -0.3 is 9.64 Å². The Morgan fingerprint density at radius 3 is 2.84 bits per heavy atom. The zero-order valence-electron chi connectivity index (χ0n) is 15.3. The number of amides is 1. The van der Waals surface area contributed by atoms with Gasteiger partial charge in [-0.2, -0.15) is 10.2 Å². The van der Waals surface area contributed by atoms with Crippen molar-refractivity contribution in [1.82, 2.24) is 29.9 Å². The Morgan fingerprint density at radius 1 is 1.40 bits per heavy atom. The Bertz CT molecular complexity index is 720. The molecule has 3 rings (SSSR count). The maximum Gasteiger partial charge on any atom is 0.228 e. The van der Waals surface area contributed by atoms with E-state index in [1.807, 2.05) is 35.7 Å². The second-order valence-corrected chi connectivity index (χ2v) is 6.99. The van der Waals surface area contributed by atoms with Crippen LogP contribution in [0.2, 0.25) is 0 Å². The predicted molar refractivity (Wildman–Crippen MR) is 92.1 cm³/mol. The normalized spacial score (nSPS) is 18.3. The van der Waals surface area contributed by atoms with Crippen LogP contribution < -0.4 is 0 Å². The van der Waals surface area contributed by atoms with Crippen LogP contribution in [0.3, 0.4) is 0 Å². The Kier molecular flexibility index (Phi) is 5.17. The Balaban J connectivity index is 1.62. The second-order valence-electron chi connectivity index (χ2n) is 6.99. The SMILES string of the molecule is CC(C)c1n[nH]c(C2CN(C(=O)Cc3ccn(C(C)C)n3)CCO2)n1. The molecule has 1 atom stereocenters. The molecule has 1 saturated heterocycles. The Morgan fingerprint density at radius 2 is 2.20 bits per heavy atom. The van der Waals surface area contributed by atoms with E-state index in [4.69, 9.17) is 4.74 Å². The zero-order valence-corrected chi connectivity index (χ0v) is 15.3. The molecule has 0 aromatic carbocycles. The van der Waals surface area contributed by atoms with Crippen molar-refractivity contribution < 1.29 is 9.53 Å². The van der Waals surface area contributed by atoms with Crippen LogP contribution in [0.5, 0.6) is 0 Å². The number of aromatic nitrogens is 5. The van der Waals surface area contributed by atoms with Crippen molar-refractivity contribution >= 4 is 5.91 Å². The van der Waals surface area contributed by atoms with Gasteiger partial charge in [0.15, 0.2) is 11.6 Å². The van der Waals surface area contributed by atoms with Crippen LogP contribution in [0.25, 0.3) is 0 Å². The molecule has 0 bridgehead atoms. The van der Waals surface area contributed by atoms with Crippen molar-refractivity contribution in [3.05, 3.63) is 29.6 Å². The molecule has 1 N–H and O–H groups in total. The van der Waals surface area contributed by atoms with Gasteiger partial charge in [-0.15, -0.1) is 0 Å². The summed E-state index contributed by atoms with van der Waals surface area (Å²) in [5.41, 5.74) is 0.795. The van der Waals surface area contributed by atoms with Gasteiger partial charge in [0.1, 0.15) is 6.10 Å². The van der Waals surface area contributed by atoms with Gasteiger partial charge in [-0.05, 0) is 19.9 Å². The summed E-state index contributed by atoms with van der Waals surface area (Å²) in [6, 6.07) is 2.19. The van der Waals surface area contributed by atoms with Gasteiger partial charge in [0.05, 0.1) is 25.3 Å². The van der Waals surface area contributed by atoms with Crippen LogP contribution in [0.1, 0.15) is 63.1 Å². The average Bonchev–Trinajstić information content (AvgIpc) is 3.24. The molecular weight excluding hydrogens is 320 g/mol. The first-order valence-corrected chi connectivity index (χ1v) is 8.79. The van der Waals surface area contributed by atoms with Gasteiger partial charge in [0, 0.05) is 24.7 Å². The second kappa shape index (κ2) is 7.35. The van der Waals surface area contributed by atoms with Crippen LogP contribution in [-0.4, -0.2) is 55.5 Å². The number of ether oxygens (including phenoxy) is 1. The highest BCUT2D eigenvalue weighted by molar-refractivity contribution is 5.78. The highest BCUT2D eigenvalue weighted by atomic mass is 16.5. The van der Waals surface area contributed by atoms with E-state index in [9.17, 15) is 4.79 Å². The van der Waals surface area contributed by atoms with Crippen LogP contribution in [0.4, 0.5) is 0 Å². The Labute approximate surface area is 147 Å². The first kappa shape index (κ1) is 17.6. The average molecular weight is 346 g/mol. The van der Waals surface area contributed by atoms with Gasteiger partial charge in [-0.1, -0.05) is 13.8 Å². The molecule has 8 heteroatoms. The van der Waals surface area contributed by atoms with Gasteiger partial charge >= 0.3 is 0 Å². The standard InChI is InChI=1S/C17H26N6O2/c1-11(2)16-18-17(20-19-16)14-10-22(7-8-25-14)15(24)9-13-5-6-23(21-13)12(3)4/h5-6,11-12,14H,7-10H2,1-4H3,(H,18,19,20). The van der Waals surface area contributed by atoms with Crippen LogP contribution in [0, 0.1) is 0 Å². The Hall–Kier alpha value is -2.22. The van der Waals surface area contributed by atoms with Crippen LogP contribution >= 0.6 is 0 Å². The zero-order chi connectivity index (χ0) is 18.0. The third-order valence-corrected chi connectivity index (χ3v) is 4.29. The molecule has 136 valence electrons. The largest absolute Gasteiger partial charge is 0.367 e. The third-order valence-electron chi connectivity index (χ3n) is 4.29. The fraction of sp³-hybridized carbons (Fsp3) is 0.647. The van der Waals surface area contributed by atoms with E-state index in [0.29, 0.717) is 38.0 Å². The van der Waals surface area contributed by atoms with E-state index < -0.39 is 0 Å². The predicted octanol–water partition coefficient (Wildman–Crippen LogP) is 1.85. The van der Waals surface area contributed by atoms with Crippen molar-refractivity contribution in [2.75, 3.05) is 19.7 Å². The minimum Gasteiger partial charge on any atom is -0.367 e. The van der Waals surface area contributed by atoms with Crippen LogP contribution in [0.15, 0.2) is 12.3 Å². The number of H-pyrrole nitrogens is 1. The van der Waals surface area contributed by atoms with E-state index in [1.165, 1.54) is 0 Å². The quantitative estimate of drug-likeness (QED) is 0.892. The van der Waals surface area contributed by atoms with E-state index >= 15 is 0 Å². The van der Waals surface area contributed by atoms with Crippen molar-refractivity contribution in [3.8, 4) is 0 Å². The lowest BCUT2D eigenvalue weighted by molar-refractivity contribution is -0.138. The first-order chi connectivity index (χ1) is 11.9. The summed E-state index contributed by atoms with van der Waals surface area (Å²) < 4.78 is 7.64. The molecule has 1 fully saturated rings. The number of rotatable bonds is 5. The number of aromatic amines is 1. The number of nitrogens with one attached hydrogen (secondary N) is 1. The molecule has 0 aliphatic carbocycles. The molecule has 1 unspecified atom stereocenters. The molecule has 1 aliphatic rings.